The van der Waals surface area contributed by atoms with Crippen LogP contribution in [0.3, 0.4) is 0 Å². The molecule has 1 saturated carbocycles. The Kier molecular flexibility index (Phi) is 3.98. The molecule has 124 valence electrons. The van der Waals surface area contributed by atoms with Crippen LogP contribution in [0.1, 0.15) is 31.4 Å². The van der Waals surface area contributed by atoms with E-state index in [1.165, 1.54) is 0 Å². The van der Waals surface area contributed by atoms with Crippen molar-refractivity contribution < 1.29 is 0 Å². The number of pyridine rings is 1. The van der Waals surface area contributed by atoms with Crippen LogP contribution in [0.5, 0.6) is 0 Å². The van der Waals surface area contributed by atoms with Crippen LogP contribution in [0, 0.1) is 6.92 Å². The minimum Gasteiger partial charge on any atom is -0.367 e. The molecule has 0 bridgehead atoms. The Bertz CT molecular complexity index is 806. The molecule has 0 saturated heterocycles. The monoisotopic (exact) mass is 323 g/mol. The highest BCUT2D eigenvalue weighted by molar-refractivity contribution is 5.45. The molecule has 1 aliphatic rings. The predicted octanol–water partition coefficient (Wildman–Crippen LogP) is 2.66. The highest BCUT2D eigenvalue weighted by atomic mass is 15.4. The van der Waals surface area contributed by atoms with Gasteiger partial charge >= 0.3 is 0 Å². The summed E-state index contributed by atoms with van der Waals surface area (Å²) in [5.41, 5.74) is 0.948. The summed E-state index contributed by atoms with van der Waals surface area (Å²) in [5.74, 6) is 2.57. The molecule has 7 heteroatoms. The van der Waals surface area contributed by atoms with E-state index in [9.17, 15) is 0 Å². The molecule has 3 aromatic rings. The Morgan fingerprint density at radius 1 is 1.04 bits per heavy atom. The fourth-order valence-electron chi connectivity index (χ4n) is 3.28. The lowest BCUT2D eigenvalue weighted by Gasteiger charge is -2.30. The van der Waals surface area contributed by atoms with E-state index in [2.05, 4.69) is 30.7 Å². The van der Waals surface area contributed by atoms with Crippen molar-refractivity contribution in [3.05, 3.63) is 42.5 Å². The van der Waals surface area contributed by atoms with Crippen LogP contribution in [-0.4, -0.2) is 36.6 Å². The first-order valence-corrected chi connectivity index (χ1v) is 8.39. The highest BCUT2D eigenvalue weighted by Crippen LogP contribution is 2.24. The standard InChI is InChI=1S/C17H21N7/c1-12-10-16(24-17(21-12)19-11-20-24)23-14-7-5-13(6-8-14)22-15-4-2-3-9-18-15/h2-4,9-11,13-14,23H,5-8H2,1H3,(H,18,22). The van der Waals surface area contributed by atoms with E-state index >= 15 is 0 Å². The van der Waals surface area contributed by atoms with E-state index in [4.69, 9.17) is 0 Å². The normalized spacial score (nSPS) is 20.9. The lowest BCUT2D eigenvalue weighted by Crippen LogP contribution is -2.33. The van der Waals surface area contributed by atoms with Gasteiger partial charge in [-0.1, -0.05) is 6.07 Å². The lowest BCUT2D eigenvalue weighted by atomic mass is 9.91. The first-order valence-electron chi connectivity index (χ1n) is 8.39. The van der Waals surface area contributed by atoms with Gasteiger partial charge in [-0.2, -0.15) is 14.6 Å². The number of aryl methyl sites for hydroxylation is 1. The summed E-state index contributed by atoms with van der Waals surface area (Å²) in [6.45, 7) is 1.98. The summed E-state index contributed by atoms with van der Waals surface area (Å²) in [5, 5.41) is 11.4. The Labute approximate surface area is 140 Å². The highest BCUT2D eigenvalue weighted by Gasteiger charge is 2.22. The minimum absolute atomic E-state index is 0.445. The van der Waals surface area contributed by atoms with E-state index < -0.39 is 0 Å². The molecule has 0 radical (unpaired) electrons. The SMILES string of the molecule is Cc1cc(NC2CCC(Nc3ccccn3)CC2)n2ncnc2n1. The molecular formula is C17H21N7. The van der Waals surface area contributed by atoms with Crippen LogP contribution in [0.25, 0.3) is 5.78 Å². The van der Waals surface area contributed by atoms with Crippen molar-refractivity contribution in [3.8, 4) is 0 Å². The second-order valence-corrected chi connectivity index (χ2v) is 6.31. The zero-order valence-corrected chi connectivity index (χ0v) is 13.7. The van der Waals surface area contributed by atoms with Crippen molar-refractivity contribution in [2.24, 2.45) is 0 Å². The molecule has 24 heavy (non-hydrogen) atoms. The number of nitrogens with zero attached hydrogens (tertiary/aromatic N) is 5. The topological polar surface area (TPSA) is 80.0 Å². The van der Waals surface area contributed by atoms with Gasteiger partial charge in [0, 0.05) is 30.0 Å². The Balaban J connectivity index is 1.38. The third-order valence-electron chi connectivity index (χ3n) is 4.48. The molecule has 0 aliphatic heterocycles. The molecule has 0 aromatic carbocycles. The first-order chi connectivity index (χ1) is 11.8. The quantitative estimate of drug-likeness (QED) is 0.768. The average Bonchev–Trinajstić information content (AvgIpc) is 3.06. The average molecular weight is 323 g/mol. The summed E-state index contributed by atoms with van der Waals surface area (Å²) in [6, 6.07) is 8.93. The second kappa shape index (κ2) is 6.43. The third kappa shape index (κ3) is 3.15. The molecule has 3 aromatic heterocycles. The van der Waals surface area contributed by atoms with E-state index in [0.717, 1.165) is 43.0 Å². The lowest BCUT2D eigenvalue weighted by molar-refractivity contribution is 0.427. The van der Waals surface area contributed by atoms with Crippen molar-refractivity contribution >= 4 is 17.4 Å². The minimum atomic E-state index is 0.445. The smallest absolute Gasteiger partial charge is 0.254 e. The molecule has 1 aliphatic carbocycles. The van der Waals surface area contributed by atoms with Crippen LogP contribution >= 0.6 is 0 Å². The van der Waals surface area contributed by atoms with Crippen molar-refractivity contribution in [1.29, 1.82) is 0 Å². The summed E-state index contributed by atoms with van der Waals surface area (Å²) in [6.07, 6.45) is 7.84. The Morgan fingerprint density at radius 2 is 1.83 bits per heavy atom. The number of hydrogen-bond acceptors (Lipinski definition) is 6. The van der Waals surface area contributed by atoms with Gasteiger partial charge in [-0.25, -0.2) is 9.97 Å². The van der Waals surface area contributed by atoms with Crippen molar-refractivity contribution in [3.63, 3.8) is 0 Å². The fourth-order valence-corrected chi connectivity index (χ4v) is 3.28. The van der Waals surface area contributed by atoms with Crippen molar-refractivity contribution in [1.82, 2.24) is 24.6 Å². The summed E-state index contributed by atoms with van der Waals surface area (Å²) >= 11 is 0. The molecule has 4 rings (SSSR count). The van der Waals surface area contributed by atoms with Crippen LogP contribution in [0.4, 0.5) is 11.6 Å². The van der Waals surface area contributed by atoms with E-state index in [1.807, 2.05) is 37.4 Å². The largest absolute Gasteiger partial charge is 0.367 e. The van der Waals surface area contributed by atoms with Gasteiger partial charge in [0.25, 0.3) is 5.78 Å². The number of hydrogen-bond donors (Lipinski definition) is 2. The number of aromatic nitrogens is 5. The third-order valence-corrected chi connectivity index (χ3v) is 4.48. The van der Waals surface area contributed by atoms with E-state index in [1.54, 1.807) is 10.8 Å². The number of nitrogens with one attached hydrogen (secondary N) is 2. The maximum atomic E-state index is 4.38. The second-order valence-electron chi connectivity index (χ2n) is 6.31. The van der Waals surface area contributed by atoms with Gasteiger partial charge < -0.3 is 10.6 Å². The van der Waals surface area contributed by atoms with Crippen molar-refractivity contribution in [2.45, 2.75) is 44.7 Å². The molecule has 2 N–H and O–H groups in total. The number of rotatable bonds is 4. The summed E-state index contributed by atoms with van der Waals surface area (Å²) in [4.78, 5) is 12.9. The predicted molar refractivity (Wildman–Crippen MR) is 93.0 cm³/mol. The van der Waals surface area contributed by atoms with Crippen molar-refractivity contribution in [2.75, 3.05) is 10.6 Å². The summed E-state index contributed by atoms with van der Waals surface area (Å²) < 4.78 is 1.77. The molecule has 7 nitrogen and oxygen atoms in total. The van der Waals surface area contributed by atoms with Gasteiger partial charge in [0.2, 0.25) is 0 Å². The van der Waals surface area contributed by atoms with Crippen LogP contribution in [0.2, 0.25) is 0 Å². The van der Waals surface area contributed by atoms with Gasteiger partial charge in [0.05, 0.1) is 0 Å². The molecule has 0 atom stereocenters. The van der Waals surface area contributed by atoms with Crippen LogP contribution in [0.15, 0.2) is 36.8 Å². The van der Waals surface area contributed by atoms with Gasteiger partial charge in [-0.15, -0.1) is 0 Å². The molecule has 3 heterocycles. The number of anilines is 2. The van der Waals surface area contributed by atoms with Gasteiger partial charge in [0.1, 0.15) is 18.0 Å². The van der Waals surface area contributed by atoms with E-state index in [-0.39, 0.29) is 0 Å². The maximum absolute atomic E-state index is 4.38. The maximum Gasteiger partial charge on any atom is 0.254 e. The Hall–Kier alpha value is -2.70. The van der Waals surface area contributed by atoms with Crippen LogP contribution < -0.4 is 10.6 Å². The van der Waals surface area contributed by atoms with Gasteiger partial charge in [-0.05, 0) is 44.7 Å². The zero-order valence-electron chi connectivity index (χ0n) is 13.7. The molecule has 0 unspecified atom stereocenters. The molecule has 1 fully saturated rings. The number of fused-ring (bicyclic) bond motifs is 1. The first kappa shape index (κ1) is 14.9. The van der Waals surface area contributed by atoms with Gasteiger partial charge in [-0.3, -0.25) is 0 Å². The summed E-state index contributed by atoms with van der Waals surface area (Å²) in [7, 11) is 0. The van der Waals surface area contributed by atoms with E-state index in [0.29, 0.717) is 17.9 Å². The molecule has 0 amide bonds. The molecular weight excluding hydrogens is 302 g/mol. The molecule has 0 spiro atoms. The zero-order chi connectivity index (χ0) is 16.4. The fraction of sp³-hybridized carbons (Fsp3) is 0.412. The van der Waals surface area contributed by atoms with Crippen LogP contribution in [-0.2, 0) is 0 Å². The Morgan fingerprint density at radius 3 is 2.58 bits per heavy atom. The van der Waals surface area contributed by atoms with Gasteiger partial charge in [0.15, 0.2) is 0 Å².